The average Bonchev–Trinajstić information content (AvgIpc) is 3.04. The SMILES string of the molecule is C[C@H](NC(=O)C(C)(C)Oc1ccc(C#N)cc1)C(=O)N[C@H]1N=C(c2ccccc2)c2ccccc2N(C)C1=O. The second-order valence-electron chi connectivity index (χ2n) is 9.61. The number of ether oxygens (including phenoxy) is 1. The summed E-state index contributed by atoms with van der Waals surface area (Å²) in [6.07, 6.45) is -1.20. The molecular weight excluding hydrogens is 494 g/mol. The van der Waals surface area contributed by atoms with Crippen molar-refractivity contribution in [1.29, 1.82) is 5.26 Å². The molecule has 0 radical (unpaired) electrons. The van der Waals surface area contributed by atoms with Gasteiger partial charge in [-0.25, -0.2) is 4.99 Å². The number of amides is 3. The van der Waals surface area contributed by atoms with E-state index in [1.165, 1.54) is 11.8 Å². The Labute approximate surface area is 227 Å². The number of rotatable bonds is 7. The van der Waals surface area contributed by atoms with Crippen LogP contribution in [0.5, 0.6) is 5.75 Å². The highest BCUT2D eigenvalue weighted by atomic mass is 16.5. The highest BCUT2D eigenvalue weighted by molar-refractivity contribution is 6.20. The monoisotopic (exact) mass is 523 g/mol. The first-order valence-corrected chi connectivity index (χ1v) is 12.4. The Balaban J connectivity index is 1.51. The lowest BCUT2D eigenvalue weighted by Crippen LogP contribution is -2.56. The highest BCUT2D eigenvalue weighted by Crippen LogP contribution is 2.27. The van der Waals surface area contributed by atoms with Crippen LogP contribution in [-0.2, 0) is 14.4 Å². The van der Waals surface area contributed by atoms with Gasteiger partial charge in [-0.3, -0.25) is 14.4 Å². The van der Waals surface area contributed by atoms with Gasteiger partial charge in [0, 0.05) is 18.2 Å². The van der Waals surface area contributed by atoms with Gasteiger partial charge in [0.05, 0.1) is 23.0 Å². The number of benzene rings is 3. The molecule has 0 spiro atoms. The van der Waals surface area contributed by atoms with Crippen molar-refractivity contribution >= 4 is 29.1 Å². The molecule has 198 valence electrons. The summed E-state index contributed by atoms with van der Waals surface area (Å²) in [5.41, 5.74) is 1.96. The van der Waals surface area contributed by atoms with Crippen LogP contribution in [0.2, 0.25) is 0 Å². The Hall–Kier alpha value is -4.97. The number of hydrogen-bond acceptors (Lipinski definition) is 6. The van der Waals surface area contributed by atoms with E-state index < -0.39 is 35.5 Å². The van der Waals surface area contributed by atoms with Gasteiger partial charge in [-0.1, -0.05) is 48.5 Å². The number of nitrogens with one attached hydrogen (secondary N) is 2. The number of hydrogen-bond donors (Lipinski definition) is 2. The lowest BCUT2D eigenvalue weighted by Gasteiger charge is -2.27. The van der Waals surface area contributed by atoms with Crippen molar-refractivity contribution in [2.45, 2.75) is 38.6 Å². The summed E-state index contributed by atoms with van der Waals surface area (Å²) in [6, 6.07) is 24.2. The minimum Gasteiger partial charge on any atom is -0.478 e. The zero-order valence-electron chi connectivity index (χ0n) is 22.1. The van der Waals surface area contributed by atoms with Crippen molar-refractivity contribution in [3.05, 3.63) is 95.6 Å². The number of nitrogens with zero attached hydrogens (tertiary/aromatic N) is 3. The molecule has 1 aliphatic heterocycles. The lowest BCUT2D eigenvalue weighted by atomic mass is 10.0. The number of fused-ring (bicyclic) bond motifs is 1. The van der Waals surface area contributed by atoms with Gasteiger partial charge in [-0.15, -0.1) is 0 Å². The Morgan fingerprint density at radius 2 is 1.67 bits per heavy atom. The van der Waals surface area contributed by atoms with Gasteiger partial charge in [0.1, 0.15) is 11.8 Å². The maximum atomic E-state index is 13.4. The summed E-state index contributed by atoms with van der Waals surface area (Å²) >= 11 is 0. The van der Waals surface area contributed by atoms with Gasteiger partial charge in [0.25, 0.3) is 11.8 Å². The molecule has 0 saturated carbocycles. The number of para-hydroxylation sites is 1. The molecular formula is C30H29N5O4. The van der Waals surface area contributed by atoms with Crippen LogP contribution in [0.1, 0.15) is 37.5 Å². The molecule has 3 aromatic carbocycles. The van der Waals surface area contributed by atoms with Crippen molar-refractivity contribution in [3.63, 3.8) is 0 Å². The molecule has 2 N–H and O–H groups in total. The standard InChI is InChI=1S/C30H29N5O4/c1-19(32-29(38)30(2,3)39-22-16-14-20(18-31)15-17-22)27(36)34-26-28(37)35(4)24-13-9-8-12-23(24)25(33-26)21-10-6-5-7-11-21/h5-17,19,26H,1-4H3,(H,32,38)(H,34,36)/t19-,26+/m0/s1. The third kappa shape index (κ3) is 5.96. The molecule has 39 heavy (non-hydrogen) atoms. The summed E-state index contributed by atoms with van der Waals surface area (Å²) < 4.78 is 5.80. The first-order chi connectivity index (χ1) is 18.6. The van der Waals surface area contributed by atoms with Gasteiger partial charge in [-0.05, 0) is 51.1 Å². The van der Waals surface area contributed by atoms with Crippen LogP contribution >= 0.6 is 0 Å². The minimum atomic E-state index is -1.32. The van der Waals surface area contributed by atoms with Crippen molar-refractivity contribution in [1.82, 2.24) is 10.6 Å². The Morgan fingerprint density at radius 3 is 2.33 bits per heavy atom. The zero-order valence-corrected chi connectivity index (χ0v) is 22.1. The molecule has 0 unspecified atom stereocenters. The van der Waals surface area contributed by atoms with Crippen LogP contribution in [0, 0.1) is 11.3 Å². The predicted molar refractivity (Wildman–Crippen MR) is 147 cm³/mol. The maximum Gasteiger partial charge on any atom is 0.272 e. The second-order valence-corrected chi connectivity index (χ2v) is 9.61. The Bertz CT molecular complexity index is 1460. The molecule has 0 aliphatic carbocycles. The van der Waals surface area contributed by atoms with E-state index in [1.807, 2.05) is 60.7 Å². The van der Waals surface area contributed by atoms with E-state index in [0.717, 1.165) is 11.1 Å². The Kier molecular flexibility index (Phi) is 7.77. The van der Waals surface area contributed by atoms with E-state index in [1.54, 1.807) is 45.2 Å². The number of nitriles is 1. The third-order valence-corrected chi connectivity index (χ3v) is 6.31. The molecule has 1 heterocycles. The fraction of sp³-hybridized carbons (Fsp3) is 0.233. The van der Waals surface area contributed by atoms with E-state index in [4.69, 9.17) is 10.00 Å². The highest BCUT2D eigenvalue weighted by Gasteiger charge is 2.35. The number of likely N-dealkylation sites (N-methyl/N-ethyl adjacent to an activating group) is 1. The smallest absolute Gasteiger partial charge is 0.272 e. The number of benzodiazepines with no additional fused rings is 1. The molecule has 9 nitrogen and oxygen atoms in total. The van der Waals surface area contributed by atoms with Crippen LogP contribution in [-0.4, -0.2) is 48.3 Å². The summed E-state index contributed by atoms with van der Waals surface area (Å²) in [4.78, 5) is 45.6. The minimum absolute atomic E-state index is 0.403. The van der Waals surface area contributed by atoms with Gasteiger partial charge in [-0.2, -0.15) is 5.26 Å². The molecule has 3 amide bonds. The molecule has 0 saturated heterocycles. The average molecular weight is 524 g/mol. The normalized spacial score (nSPS) is 15.7. The van der Waals surface area contributed by atoms with Gasteiger partial charge in [0.2, 0.25) is 12.1 Å². The predicted octanol–water partition coefficient (Wildman–Crippen LogP) is 3.18. The van der Waals surface area contributed by atoms with Gasteiger partial charge >= 0.3 is 0 Å². The van der Waals surface area contributed by atoms with E-state index in [9.17, 15) is 14.4 Å². The van der Waals surface area contributed by atoms with E-state index in [-0.39, 0.29) is 0 Å². The van der Waals surface area contributed by atoms with Crippen molar-refractivity contribution in [2.24, 2.45) is 4.99 Å². The topological polar surface area (TPSA) is 124 Å². The quantitative estimate of drug-likeness (QED) is 0.492. The van der Waals surface area contributed by atoms with Crippen molar-refractivity contribution < 1.29 is 19.1 Å². The fourth-order valence-corrected chi connectivity index (χ4v) is 4.08. The molecule has 3 aromatic rings. The van der Waals surface area contributed by atoms with Crippen LogP contribution in [0.15, 0.2) is 83.9 Å². The molecule has 4 rings (SSSR count). The van der Waals surface area contributed by atoms with Crippen LogP contribution < -0.4 is 20.3 Å². The van der Waals surface area contributed by atoms with Crippen molar-refractivity contribution in [2.75, 3.05) is 11.9 Å². The van der Waals surface area contributed by atoms with Gasteiger partial charge < -0.3 is 20.3 Å². The lowest BCUT2D eigenvalue weighted by molar-refractivity contribution is -0.138. The maximum absolute atomic E-state index is 13.4. The fourth-order valence-electron chi connectivity index (χ4n) is 4.08. The zero-order chi connectivity index (χ0) is 28.2. The number of carbonyl (C=O) groups is 3. The van der Waals surface area contributed by atoms with Crippen LogP contribution in [0.25, 0.3) is 0 Å². The number of carbonyl (C=O) groups excluding carboxylic acids is 3. The third-order valence-electron chi connectivity index (χ3n) is 6.31. The van der Waals surface area contributed by atoms with Crippen LogP contribution in [0.4, 0.5) is 5.69 Å². The summed E-state index contributed by atoms with van der Waals surface area (Å²) in [7, 11) is 1.64. The molecule has 2 atom stereocenters. The molecule has 0 aromatic heterocycles. The second kappa shape index (κ2) is 11.2. The summed E-state index contributed by atoms with van der Waals surface area (Å²) in [5, 5.41) is 14.3. The van der Waals surface area contributed by atoms with Crippen molar-refractivity contribution in [3.8, 4) is 11.8 Å². The summed E-state index contributed by atoms with van der Waals surface area (Å²) in [6.45, 7) is 4.66. The Morgan fingerprint density at radius 1 is 1.03 bits per heavy atom. The van der Waals surface area contributed by atoms with E-state index in [0.29, 0.717) is 22.7 Å². The molecule has 1 aliphatic rings. The van der Waals surface area contributed by atoms with E-state index >= 15 is 0 Å². The van der Waals surface area contributed by atoms with Gasteiger partial charge in [0.15, 0.2) is 5.60 Å². The summed E-state index contributed by atoms with van der Waals surface area (Å²) in [5.74, 6) is -1.11. The molecule has 0 bridgehead atoms. The number of anilines is 1. The van der Waals surface area contributed by atoms with E-state index in [2.05, 4.69) is 15.6 Å². The molecule has 9 heteroatoms. The first kappa shape index (κ1) is 27.1. The van der Waals surface area contributed by atoms with Crippen LogP contribution in [0.3, 0.4) is 0 Å². The first-order valence-electron chi connectivity index (χ1n) is 12.4. The molecule has 0 fully saturated rings. The number of aliphatic imine (C=N–C) groups is 1. The largest absolute Gasteiger partial charge is 0.478 e.